The molecule has 4 nitrogen and oxygen atoms in total. The Hall–Kier alpha value is -1.59. The molecule has 0 radical (unpaired) electrons. The van der Waals surface area contributed by atoms with Gasteiger partial charge >= 0.3 is 0 Å². The van der Waals surface area contributed by atoms with Gasteiger partial charge in [-0.3, -0.25) is 4.79 Å². The van der Waals surface area contributed by atoms with E-state index in [1.807, 2.05) is 29.2 Å². The zero-order chi connectivity index (χ0) is 14.1. The second-order valence-corrected chi connectivity index (χ2v) is 6.11. The van der Waals surface area contributed by atoms with Crippen LogP contribution in [0.1, 0.15) is 9.67 Å². The number of hydrogen-bond donors (Lipinski definition) is 0. The third kappa shape index (κ3) is 2.27. The van der Waals surface area contributed by atoms with Gasteiger partial charge in [0.2, 0.25) is 0 Å². The fourth-order valence-corrected chi connectivity index (χ4v) is 3.66. The van der Waals surface area contributed by atoms with E-state index in [-0.39, 0.29) is 5.91 Å². The van der Waals surface area contributed by atoms with Crippen molar-refractivity contribution in [2.75, 3.05) is 40.3 Å². The zero-order valence-electron chi connectivity index (χ0n) is 11.8. The predicted octanol–water partition coefficient (Wildman–Crippen LogP) is 2.30. The molecule has 20 heavy (non-hydrogen) atoms. The molecule has 1 saturated heterocycles. The Bertz CT molecular complexity index is 630. The first-order valence-electron chi connectivity index (χ1n) is 6.74. The summed E-state index contributed by atoms with van der Waals surface area (Å²) in [5.74, 6) is 0.811. The molecule has 0 aliphatic carbocycles. The molecule has 0 spiro atoms. The number of amides is 1. The highest BCUT2D eigenvalue weighted by Crippen LogP contribution is 2.38. The lowest BCUT2D eigenvalue weighted by Crippen LogP contribution is -2.47. The lowest BCUT2D eigenvalue weighted by molar-refractivity contribution is 0.0666. The zero-order valence-corrected chi connectivity index (χ0v) is 12.6. The van der Waals surface area contributed by atoms with E-state index in [9.17, 15) is 4.79 Å². The monoisotopic (exact) mass is 290 g/mol. The van der Waals surface area contributed by atoms with Crippen molar-refractivity contribution in [1.29, 1.82) is 0 Å². The van der Waals surface area contributed by atoms with Crippen LogP contribution in [0.3, 0.4) is 0 Å². The maximum Gasteiger partial charge on any atom is 0.267 e. The van der Waals surface area contributed by atoms with Crippen LogP contribution in [0.4, 0.5) is 0 Å². The third-order valence-corrected chi connectivity index (χ3v) is 4.88. The number of benzene rings is 1. The molecule has 1 aromatic carbocycles. The average molecular weight is 290 g/mol. The van der Waals surface area contributed by atoms with Gasteiger partial charge in [-0.2, -0.15) is 0 Å². The van der Waals surface area contributed by atoms with E-state index in [0.717, 1.165) is 46.9 Å². The summed E-state index contributed by atoms with van der Waals surface area (Å²) >= 11 is 1.52. The minimum absolute atomic E-state index is 0.0937. The van der Waals surface area contributed by atoms with E-state index in [0.29, 0.717) is 0 Å². The van der Waals surface area contributed by atoms with Crippen LogP contribution >= 0.6 is 11.3 Å². The number of fused-ring (bicyclic) bond motifs is 1. The number of hydrogen-bond acceptors (Lipinski definition) is 4. The minimum Gasteiger partial charge on any atom is -0.494 e. The molecule has 106 valence electrons. The molecule has 5 heteroatoms. The summed E-state index contributed by atoms with van der Waals surface area (Å²) in [7, 11) is 3.72. The number of piperazine rings is 1. The number of likely N-dealkylation sites (N-methyl/N-ethyl adjacent to an activating group) is 1. The number of methoxy groups -OCH3 is 1. The molecule has 0 N–H and O–H groups in total. The first-order valence-corrected chi connectivity index (χ1v) is 7.55. The number of ether oxygens (including phenoxy) is 1. The quantitative estimate of drug-likeness (QED) is 0.851. The van der Waals surface area contributed by atoms with Crippen LogP contribution in [0, 0.1) is 0 Å². The Balaban J connectivity index is 1.95. The summed E-state index contributed by atoms with van der Waals surface area (Å²) in [6.07, 6.45) is 0. The molecule has 1 aromatic heterocycles. The van der Waals surface area contributed by atoms with Crippen LogP contribution in [-0.4, -0.2) is 56.0 Å². The van der Waals surface area contributed by atoms with Gasteiger partial charge < -0.3 is 14.5 Å². The van der Waals surface area contributed by atoms with E-state index >= 15 is 0 Å². The van der Waals surface area contributed by atoms with Crippen LogP contribution in [-0.2, 0) is 0 Å². The van der Waals surface area contributed by atoms with Gasteiger partial charge in [-0.1, -0.05) is 12.1 Å². The highest BCUT2D eigenvalue weighted by molar-refractivity contribution is 7.21. The first-order chi connectivity index (χ1) is 9.70. The Kier molecular flexibility index (Phi) is 3.63. The second kappa shape index (κ2) is 5.42. The van der Waals surface area contributed by atoms with Gasteiger partial charge in [0, 0.05) is 36.3 Å². The van der Waals surface area contributed by atoms with Gasteiger partial charge in [0.05, 0.1) is 7.11 Å². The number of nitrogens with zero attached hydrogens (tertiary/aromatic N) is 2. The van der Waals surface area contributed by atoms with Crippen LogP contribution in [0.25, 0.3) is 10.1 Å². The molecular formula is C15H18N2O2S. The molecule has 1 amide bonds. The van der Waals surface area contributed by atoms with Crippen molar-refractivity contribution in [1.82, 2.24) is 9.80 Å². The number of rotatable bonds is 2. The smallest absolute Gasteiger partial charge is 0.267 e. The van der Waals surface area contributed by atoms with Gasteiger partial charge in [-0.15, -0.1) is 11.3 Å². The van der Waals surface area contributed by atoms with Crippen molar-refractivity contribution >= 4 is 27.3 Å². The van der Waals surface area contributed by atoms with Crippen LogP contribution in [0.5, 0.6) is 5.75 Å². The Morgan fingerprint density at radius 3 is 2.60 bits per heavy atom. The molecule has 1 aliphatic rings. The topological polar surface area (TPSA) is 32.8 Å². The lowest BCUT2D eigenvalue weighted by atomic mass is 10.2. The van der Waals surface area contributed by atoms with Crippen molar-refractivity contribution in [3.05, 3.63) is 29.1 Å². The van der Waals surface area contributed by atoms with Gasteiger partial charge in [-0.25, -0.2) is 0 Å². The maximum atomic E-state index is 12.7. The highest BCUT2D eigenvalue weighted by atomic mass is 32.1. The van der Waals surface area contributed by atoms with Crippen LogP contribution in [0.15, 0.2) is 24.3 Å². The Morgan fingerprint density at radius 2 is 1.90 bits per heavy atom. The first kappa shape index (κ1) is 13.4. The molecule has 0 atom stereocenters. The number of thiophene rings is 1. The van der Waals surface area contributed by atoms with Crippen molar-refractivity contribution in [3.63, 3.8) is 0 Å². The average Bonchev–Trinajstić information content (AvgIpc) is 2.85. The summed E-state index contributed by atoms with van der Waals surface area (Å²) in [5, 5.41) is 1.03. The fraction of sp³-hybridized carbons (Fsp3) is 0.400. The largest absolute Gasteiger partial charge is 0.494 e. The van der Waals surface area contributed by atoms with Crippen LogP contribution in [0.2, 0.25) is 0 Å². The van der Waals surface area contributed by atoms with E-state index in [1.54, 1.807) is 7.11 Å². The summed E-state index contributed by atoms with van der Waals surface area (Å²) in [5.41, 5.74) is 0. The molecule has 0 unspecified atom stereocenters. The molecular weight excluding hydrogens is 272 g/mol. The predicted molar refractivity (Wildman–Crippen MR) is 81.8 cm³/mol. The van der Waals surface area contributed by atoms with Gasteiger partial charge in [0.1, 0.15) is 10.6 Å². The SMILES string of the molecule is COc1c(C(=O)N2CCN(C)CC2)sc2ccccc12. The Labute approximate surface area is 122 Å². The molecule has 1 fully saturated rings. The Morgan fingerprint density at radius 1 is 1.20 bits per heavy atom. The molecule has 0 saturated carbocycles. The second-order valence-electron chi connectivity index (χ2n) is 5.06. The van der Waals surface area contributed by atoms with Crippen molar-refractivity contribution in [2.24, 2.45) is 0 Å². The molecule has 3 rings (SSSR count). The lowest BCUT2D eigenvalue weighted by Gasteiger charge is -2.32. The molecule has 2 heterocycles. The molecule has 2 aromatic rings. The van der Waals surface area contributed by atoms with E-state index in [4.69, 9.17) is 4.74 Å². The van der Waals surface area contributed by atoms with E-state index in [2.05, 4.69) is 11.9 Å². The van der Waals surface area contributed by atoms with Crippen molar-refractivity contribution in [2.45, 2.75) is 0 Å². The number of carbonyl (C=O) groups is 1. The normalized spacial score (nSPS) is 16.6. The van der Waals surface area contributed by atoms with Gasteiger partial charge in [0.15, 0.2) is 0 Å². The molecule has 1 aliphatic heterocycles. The molecule has 0 bridgehead atoms. The van der Waals surface area contributed by atoms with Crippen molar-refractivity contribution < 1.29 is 9.53 Å². The van der Waals surface area contributed by atoms with E-state index in [1.165, 1.54) is 11.3 Å². The minimum atomic E-state index is 0.0937. The highest BCUT2D eigenvalue weighted by Gasteiger charge is 2.26. The summed E-state index contributed by atoms with van der Waals surface area (Å²) < 4.78 is 6.58. The fourth-order valence-electron chi connectivity index (χ4n) is 2.52. The summed E-state index contributed by atoms with van der Waals surface area (Å²) in [6.45, 7) is 3.43. The number of carbonyl (C=O) groups excluding carboxylic acids is 1. The van der Waals surface area contributed by atoms with Crippen LogP contribution < -0.4 is 4.74 Å². The third-order valence-electron chi connectivity index (χ3n) is 3.74. The van der Waals surface area contributed by atoms with Gasteiger partial charge in [-0.05, 0) is 19.2 Å². The standard InChI is InChI=1S/C15H18N2O2S/c1-16-7-9-17(10-8-16)15(18)14-13(19-2)11-5-3-4-6-12(11)20-14/h3-6H,7-10H2,1-2H3. The summed E-state index contributed by atoms with van der Waals surface area (Å²) in [6, 6.07) is 8.00. The van der Waals surface area contributed by atoms with Crippen molar-refractivity contribution in [3.8, 4) is 5.75 Å². The maximum absolute atomic E-state index is 12.7. The van der Waals surface area contributed by atoms with Gasteiger partial charge in [0.25, 0.3) is 5.91 Å². The van der Waals surface area contributed by atoms with E-state index < -0.39 is 0 Å². The summed E-state index contributed by atoms with van der Waals surface area (Å²) in [4.78, 5) is 17.6.